The Labute approximate surface area is 154 Å². The average molecular weight is 387 g/mol. The second-order valence-electron chi connectivity index (χ2n) is 5.41. The van der Waals surface area contributed by atoms with Gasteiger partial charge >= 0.3 is 0 Å². The van der Waals surface area contributed by atoms with Gasteiger partial charge < -0.3 is 15.4 Å². The second kappa shape index (κ2) is 10.5. The number of para-hydroxylation sites is 1. The van der Waals surface area contributed by atoms with Crippen molar-refractivity contribution in [3.63, 3.8) is 0 Å². The molecule has 0 amide bonds. The number of hydrogen-bond acceptors (Lipinski definition) is 5. The Morgan fingerprint density at radius 3 is 2.56 bits per heavy atom. The zero-order valence-electron chi connectivity index (χ0n) is 14.5. The summed E-state index contributed by atoms with van der Waals surface area (Å²) in [6.07, 6.45) is 0. The summed E-state index contributed by atoms with van der Waals surface area (Å²) < 4.78 is 31.7. The van der Waals surface area contributed by atoms with Crippen molar-refractivity contribution in [2.45, 2.75) is 0 Å². The van der Waals surface area contributed by atoms with E-state index in [0.29, 0.717) is 38.7 Å². The van der Waals surface area contributed by atoms with Gasteiger partial charge in [0, 0.05) is 38.2 Å². The number of nitrogens with one attached hydrogen (secondary N) is 2. The molecule has 1 saturated heterocycles. The molecule has 0 saturated carbocycles. The topological polar surface area (TPSA) is 83.0 Å². The SMILES string of the molecule is CN=C(NCCOc1ccccc1)NCCS(=O)(=O)N1CCSCC1. The summed E-state index contributed by atoms with van der Waals surface area (Å²) >= 11 is 1.79. The number of hydrogen-bond donors (Lipinski definition) is 2. The molecule has 1 fully saturated rings. The van der Waals surface area contributed by atoms with Crippen molar-refractivity contribution in [3.05, 3.63) is 30.3 Å². The average Bonchev–Trinajstić information content (AvgIpc) is 2.65. The fraction of sp³-hybridized carbons (Fsp3) is 0.562. The van der Waals surface area contributed by atoms with Crippen LogP contribution in [0.5, 0.6) is 5.75 Å². The van der Waals surface area contributed by atoms with Crippen molar-refractivity contribution >= 4 is 27.7 Å². The molecule has 0 aliphatic carbocycles. The van der Waals surface area contributed by atoms with Gasteiger partial charge in [0.05, 0.1) is 12.3 Å². The van der Waals surface area contributed by atoms with E-state index in [1.54, 1.807) is 23.1 Å². The summed E-state index contributed by atoms with van der Waals surface area (Å²) in [6.45, 7) is 2.61. The summed E-state index contributed by atoms with van der Waals surface area (Å²) in [4.78, 5) is 4.09. The van der Waals surface area contributed by atoms with E-state index in [0.717, 1.165) is 17.3 Å². The highest BCUT2D eigenvalue weighted by Gasteiger charge is 2.23. The van der Waals surface area contributed by atoms with Gasteiger partial charge in [-0.25, -0.2) is 12.7 Å². The van der Waals surface area contributed by atoms with Gasteiger partial charge in [-0.1, -0.05) is 18.2 Å². The van der Waals surface area contributed by atoms with E-state index >= 15 is 0 Å². The lowest BCUT2D eigenvalue weighted by Crippen LogP contribution is -2.44. The molecule has 1 aromatic carbocycles. The van der Waals surface area contributed by atoms with Crippen LogP contribution >= 0.6 is 11.8 Å². The molecule has 1 heterocycles. The normalized spacial score (nSPS) is 16.4. The zero-order chi connectivity index (χ0) is 18.0. The number of ether oxygens (including phenoxy) is 1. The van der Waals surface area contributed by atoms with Crippen LogP contribution in [0.2, 0.25) is 0 Å². The molecule has 2 N–H and O–H groups in total. The molecule has 0 atom stereocenters. The van der Waals surface area contributed by atoms with Crippen LogP contribution in [0.4, 0.5) is 0 Å². The Morgan fingerprint density at radius 1 is 1.20 bits per heavy atom. The molecule has 1 aliphatic rings. The summed E-state index contributed by atoms with van der Waals surface area (Å²) in [5.41, 5.74) is 0. The van der Waals surface area contributed by atoms with E-state index in [1.165, 1.54) is 0 Å². The van der Waals surface area contributed by atoms with Gasteiger partial charge in [-0.15, -0.1) is 0 Å². The standard InChI is InChI=1S/C16H26N4O3S2/c1-17-16(18-7-11-23-15-5-3-2-4-6-15)19-8-14-25(21,22)20-9-12-24-13-10-20/h2-6H,7-14H2,1H3,(H2,17,18,19). The molecule has 9 heteroatoms. The monoisotopic (exact) mass is 386 g/mol. The lowest BCUT2D eigenvalue weighted by molar-refractivity contribution is 0.322. The number of benzene rings is 1. The van der Waals surface area contributed by atoms with Crippen molar-refractivity contribution in [3.8, 4) is 5.75 Å². The molecule has 0 spiro atoms. The molecule has 25 heavy (non-hydrogen) atoms. The van der Waals surface area contributed by atoms with Crippen molar-refractivity contribution in [1.29, 1.82) is 0 Å². The maximum absolute atomic E-state index is 12.3. The molecule has 2 rings (SSSR count). The van der Waals surface area contributed by atoms with E-state index < -0.39 is 10.0 Å². The number of sulfonamides is 1. The molecule has 140 valence electrons. The summed E-state index contributed by atoms with van der Waals surface area (Å²) in [5.74, 6) is 3.20. The third kappa shape index (κ3) is 7.13. The zero-order valence-corrected chi connectivity index (χ0v) is 16.1. The van der Waals surface area contributed by atoms with E-state index in [4.69, 9.17) is 4.74 Å². The Kier molecular flexibility index (Phi) is 8.36. The van der Waals surface area contributed by atoms with Crippen LogP contribution in [0.1, 0.15) is 0 Å². The fourth-order valence-electron chi connectivity index (χ4n) is 2.33. The molecule has 0 unspecified atom stereocenters. The highest BCUT2D eigenvalue weighted by atomic mass is 32.2. The summed E-state index contributed by atoms with van der Waals surface area (Å²) in [5, 5.41) is 6.14. The lowest BCUT2D eigenvalue weighted by Gasteiger charge is -2.25. The molecular weight excluding hydrogens is 360 g/mol. The Balaban J connectivity index is 1.64. The minimum atomic E-state index is -3.20. The maximum Gasteiger partial charge on any atom is 0.215 e. The summed E-state index contributed by atoms with van der Waals surface area (Å²) in [7, 11) is -1.54. The molecular formula is C16H26N4O3S2. The van der Waals surface area contributed by atoms with Crippen LogP contribution in [0.15, 0.2) is 35.3 Å². The molecule has 0 aromatic heterocycles. The van der Waals surface area contributed by atoms with Gasteiger partial charge in [-0.2, -0.15) is 11.8 Å². The molecule has 0 bridgehead atoms. The van der Waals surface area contributed by atoms with Gasteiger partial charge in [0.1, 0.15) is 12.4 Å². The second-order valence-corrected chi connectivity index (χ2v) is 8.73. The first-order chi connectivity index (χ1) is 12.1. The van der Waals surface area contributed by atoms with Gasteiger partial charge in [0.25, 0.3) is 0 Å². The van der Waals surface area contributed by atoms with Crippen molar-refractivity contribution in [2.24, 2.45) is 4.99 Å². The number of guanidine groups is 1. The first kappa shape index (κ1) is 19.9. The van der Waals surface area contributed by atoms with Crippen molar-refractivity contribution in [2.75, 3.05) is 57.1 Å². The van der Waals surface area contributed by atoms with Crippen LogP contribution < -0.4 is 15.4 Å². The van der Waals surface area contributed by atoms with E-state index in [-0.39, 0.29) is 5.75 Å². The number of nitrogens with zero attached hydrogens (tertiary/aromatic N) is 2. The highest BCUT2D eigenvalue weighted by Crippen LogP contribution is 2.13. The third-order valence-electron chi connectivity index (χ3n) is 3.65. The quantitative estimate of drug-likeness (QED) is 0.387. The molecule has 7 nitrogen and oxygen atoms in total. The summed E-state index contributed by atoms with van der Waals surface area (Å²) in [6, 6.07) is 9.58. The first-order valence-electron chi connectivity index (χ1n) is 8.30. The van der Waals surface area contributed by atoms with Gasteiger partial charge in [-0.3, -0.25) is 4.99 Å². The third-order valence-corrected chi connectivity index (χ3v) is 6.46. The number of thioether (sulfide) groups is 1. The predicted octanol–water partition coefficient (Wildman–Crippen LogP) is 0.609. The first-order valence-corrected chi connectivity index (χ1v) is 11.1. The van der Waals surface area contributed by atoms with E-state index in [2.05, 4.69) is 15.6 Å². The van der Waals surface area contributed by atoms with Crippen LogP contribution in [0, 0.1) is 0 Å². The fourth-order valence-corrected chi connectivity index (χ4v) is 4.82. The van der Waals surface area contributed by atoms with Crippen LogP contribution in [-0.2, 0) is 10.0 Å². The molecule has 1 aromatic rings. The predicted molar refractivity (Wildman–Crippen MR) is 104 cm³/mol. The number of rotatable bonds is 8. The molecule has 0 radical (unpaired) electrons. The Morgan fingerprint density at radius 2 is 1.88 bits per heavy atom. The maximum atomic E-state index is 12.3. The Bertz CT molecular complexity index is 632. The van der Waals surface area contributed by atoms with Crippen molar-refractivity contribution in [1.82, 2.24) is 14.9 Å². The highest BCUT2D eigenvalue weighted by molar-refractivity contribution is 7.99. The molecule has 1 aliphatic heterocycles. The van der Waals surface area contributed by atoms with Crippen LogP contribution in [-0.4, -0.2) is 75.8 Å². The smallest absolute Gasteiger partial charge is 0.215 e. The van der Waals surface area contributed by atoms with Gasteiger partial charge in [0.15, 0.2) is 5.96 Å². The number of aliphatic imine (C=N–C) groups is 1. The largest absolute Gasteiger partial charge is 0.492 e. The van der Waals surface area contributed by atoms with E-state index in [1.807, 2.05) is 30.3 Å². The van der Waals surface area contributed by atoms with Crippen LogP contribution in [0.3, 0.4) is 0 Å². The Hall–Kier alpha value is -1.45. The minimum Gasteiger partial charge on any atom is -0.492 e. The van der Waals surface area contributed by atoms with Gasteiger partial charge in [0.2, 0.25) is 10.0 Å². The van der Waals surface area contributed by atoms with Gasteiger partial charge in [-0.05, 0) is 12.1 Å². The lowest BCUT2D eigenvalue weighted by atomic mass is 10.3. The van der Waals surface area contributed by atoms with Crippen LogP contribution in [0.25, 0.3) is 0 Å². The van der Waals surface area contributed by atoms with E-state index in [9.17, 15) is 8.42 Å². The van der Waals surface area contributed by atoms with Crippen molar-refractivity contribution < 1.29 is 13.2 Å². The minimum absolute atomic E-state index is 0.0683.